The SMILES string of the molecule is CCOC=CC(O)(CNC(=O)OC(C)(C)C)C(F)(F)F. The number of nitrogens with one attached hydrogen (secondary N) is 1. The summed E-state index contributed by atoms with van der Waals surface area (Å²) in [6.07, 6.45) is -4.83. The quantitative estimate of drug-likeness (QED) is 0.765. The van der Waals surface area contributed by atoms with Gasteiger partial charge in [0.05, 0.1) is 19.4 Å². The number of carbonyl (C=O) groups excluding carboxylic acids is 1. The molecule has 0 aliphatic rings. The van der Waals surface area contributed by atoms with Crippen molar-refractivity contribution in [2.45, 2.75) is 45.1 Å². The number of halogens is 3. The van der Waals surface area contributed by atoms with Gasteiger partial charge in [0, 0.05) is 0 Å². The summed E-state index contributed by atoms with van der Waals surface area (Å²) >= 11 is 0. The van der Waals surface area contributed by atoms with Gasteiger partial charge in [-0.25, -0.2) is 4.79 Å². The Morgan fingerprint density at radius 3 is 2.25 bits per heavy atom. The fourth-order valence-electron chi connectivity index (χ4n) is 1.03. The highest BCUT2D eigenvalue weighted by Crippen LogP contribution is 2.31. The highest BCUT2D eigenvalue weighted by molar-refractivity contribution is 5.67. The lowest BCUT2D eigenvalue weighted by molar-refractivity contribution is -0.237. The third-order valence-electron chi connectivity index (χ3n) is 2.00. The first kappa shape index (κ1) is 18.6. The Morgan fingerprint density at radius 1 is 1.30 bits per heavy atom. The maximum atomic E-state index is 12.8. The third kappa shape index (κ3) is 6.65. The zero-order chi connectivity index (χ0) is 16.0. The second-order valence-corrected chi connectivity index (χ2v) is 5.04. The molecule has 0 aromatic rings. The van der Waals surface area contributed by atoms with Crippen LogP contribution in [0.2, 0.25) is 0 Å². The molecule has 0 bridgehead atoms. The van der Waals surface area contributed by atoms with Crippen molar-refractivity contribution in [1.82, 2.24) is 5.32 Å². The molecule has 0 aromatic carbocycles. The molecule has 20 heavy (non-hydrogen) atoms. The summed E-state index contributed by atoms with van der Waals surface area (Å²) in [4.78, 5) is 11.3. The molecule has 8 heteroatoms. The molecule has 5 nitrogen and oxygen atoms in total. The van der Waals surface area contributed by atoms with Crippen molar-refractivity contribution in [3.05, 3.63) is 12.3 Å². The van der Waals surface area contributed by atoms with Crippen molar-refractivity contribution in [3.63, 3.8) is 0 Å². The molecule has 0 aliphatic carbocycles. The van der Waals surface area contributed by atoms with Crippen molar-refractivity contribution in [2.75, 3.05) is 13.2 Å². The van der Waals surface area contributed by atoms with Crippen LogP contribution in [0.15, 0.2) is 12.3 Å². The summed E-state index contributed by atoms with van der Waals surface area (Å²) in [5.74, 6) is 0. The van der Waals surface area contributed by atoms with Gasteiger partial charge in [-0.15, -0.1) is 0 Å². The number of rotatable bonds is 5. The van der Waals surface area contributed by atoms with Crippen LogP contribution in [0.25, 0.3) is 0 Å². The van der Waals surface area contributed by atoms with Gasteiger partial charge in [0.2, 0.25) is 0 Å². The zero-order valence-corrected chi connectivity index (χ0v) is 11.9. The van der Waals surface area contributed by atoms with Gasteiger partial charge in [0.15, 0.2) is 5.60 Å². The molecule has 0 spiro atoms. The summed E-state index contributed by atoms with van der Waals surface area (Å²) < 4.78 is 47.7. The maximum absolute atomic E-state index is 12.8. The number of hydrogen-bond donors (Lipinski definition) is 2. The zero-order valence-electron chi connectivity index (χ0n) is 11.9. The van der Waals surface area contributed by atoms with E-state index in [4.69, 9.17) is 4.74 Å². The largest absolute Gasteiger partial charge is 0.502 e. The predicted octanol–water partition coefficient (Wildman–Crippen LogP) is 2.35. The lowest BCUT2D eigenvalue weighted by Gasteiger charge is -2.28. The third-order valence-corrected chi connectivity index (χ3v) is 2.00. The fraction of sp³-hybridized carbons (Fsp3) is 0.750. The Kier molecular flexibility index (Phi) is 6.33. The van der Waals surface area contributed by atoms with Gasteiger partial charge in [0.25, 0.3) is 0 Å². The van der Waals surface area contributed by atoms with E-state index in [2.05, 4.69) is 4.74 Å². The summed E-state index contributed by atoms with van der Waals surface area (Å²) in [6.45, 7) is 5.36. The number of alkyl halides is 3. The monoisotopic (exact) mass is 299 g/mol. The summed E-state index contributed by atoms with van der Waals surface area (Å²) in [6, 6.07) is 0. The normalized spacial score (nSPS) is 15.8. The topological polar surface area (TPSA) is 67.8 Å². The van der Waals surface area contributed by atoms with Crippen molar-refractivity contribution in [3.8, 4) is 0 Å². The first-order valence-electron chi connectivity index (χ1n) is 5.96. The van der Waals surface area contributed by atoms with Crippen LogP contribution in [-0.2, 0) is 9.47 Å². The molecule has 0 saturated heterocycles. The van der Waals surface area contributed by atoms with E-state index in [1.807, 2.05) is 5.32 Å². The Morgan fingerprint density at radius 2 is 1.85 bits per heavy atom. The Hall–Kier alpha value is -1.44. The predicted molar refractivity (Wildman–Crippen MR) is 66.0 cm³/mol. The van der Waals surface area contributed by atoms with Crippen LogP contribution in [0.3, 0.4) is 0 Å². The van der Waals surface area contributed by atoms with E-state index >= 15 is 0 Å². The highest BCUT2D eigenvalue weighted by atomic mass is 19.4. The highest BCUT2D eigenvalue weighted by Gasteiger charge is 2.52. The van der Waals surface area contributed by atoms with Crippen molar-refractivity contribution in [2.24, 2.45) is 0 Å². The van der Waals surface area contributed by atoms with E-state index in [1.165, 1.54) is 0 Å². The number of carbonyl (C=O) groups is 1. The lowest BCUT2D eigenvalue weighted by Crippen LogP contribution is -2.52. The smallest absolute Gasteiger partial charge is 0.422 e. The van der Waals surface area contributed by atoms with E-state index in [-0.39, 0.29) is 6.61 Å². The Balaban J connectivity index is 4.73. The molecule has 1 atom stereocenters. The first-order chi connectivity index (χ1) is 8.91. The average Bonchev–Trinajstić information content (AvgIpc) is 2.23. The first-order valence-corrected chi connectivity index (χ1v) is 5.96. The molecule has 0 fully saturated rings. The number of amides is 1. The minimum Gasteiger partial charge on any atom is -0.502 e. The minimum atomic E-state index is -4.96. The van der Waals surface area contributed by atoms with Gasteiger partial charge in [-0.1, -0.05) is 0 Å². The van der Waals surface area contributed by atoms with Crippen molar-refractivity contribution in [1.29, 1.82) is 0 Å². The van der Waals surface area contributed by atoms with Gasteiger partial charge in [-0.2, -0.15) is 13.2 Å². The molecular formula is C12H20F3NO4. The van der Waals surface area contributed by atoms with Crippen LogP contribution in [-0.4, -0.2) is 41.7 Å². The van der Waals surface area contributed by atoms with Crippen LogP contribution in [0.5, 0.6) is 0 Å². The van der Waals surface area contributed by atoms with Crippen LogP contribution in [0, 0.1) is 0 Å². The van der Waals surface area contributed by atoms with E-state index in [0.29, 0.717) is 6.08 Å². The minimum absolute atomic E-state index is 0.157. The molecule has 1 amide bonds. The van der Waals surface area contributed by atoms with Crippen LogP contribution < -0.4 is 5.32 Å². The molecule has 0 radical (unpaired) electrons. The average molecular weight is 299 g/mol. The van der Waals surface area contributed by atoms with E-state index < -0.39 is 30.0 Å². The molecule has 0 rings (SSSR count). The molecule has 0 aromatic heterocycles. The van der Waals surface area contributed by atoms with Crippen LogP contribution in [0.1, 0.15) is 27.7 Å². The summed E-state index contributed by atoms with van der Waals surface area (Å²) in [5.41, 5.74) is -4.07. The molecule has 0 heterocycles. The van der Waals surface area contributed by atoms with E-state index in [0.717, 1.165) is 6.26 Å². The number of alkyl carbamates (subject to hydrolysis) is 1. The molecular weight excluding hydrogens is 279 g/mol. The molecule has 2 N–H and O–H groups in total. The van der Waals surface area contributed by atoms with Gasteiger partial charge in [-0.05, 0) is 33.8 Å². The molecule has 0 saturated carbocycles. The molecule has 0 aliphatic heterocycles. The number of ether oxygens (including phenoxy) is 2. The van der Waals surface area contributed by atoms with Crippen molar-refractivity contribution >= 4 is 6.09 Å². The maximum Gasteiger partial charge on any atom is 0.422 e. The lowest BCUT2D eigenvalue weighted by atomic mass is 10.0. The molecule has 1 unspecified atom stereocenters. The van der Waals surface area contributed by atoms with Gasteiger partial charge in [0.1, 0.15) is 5.60 Å². The van der Waals surface area contributed by atoms with E-state index in [1.54, 1.807) is 27.7 Å². The van der Waals surface area contributed by atoms with Crippen LogP contribution in [0.4, 0.5) is 18.0 Å². The number of hydrogen-bond acceptors (Lipinski definition) is 4. The van der Waals surface area contributed by atoms with E-state index in [9.17, 15) is 23.1 Å². The Bertz CT molecular complexity index is 350. The fourth-order valence-corrected chi connectivity index (χ4v) is 1.03. The second kappa shape index (κ2) is 6.83. The van der Waals surface area contributed by atoms with Gasteiger partial charge >= 0.3 is 12.3 Å². The van der Waals surface area contributed by atoms with Gasteiger partial charge < -0.3 is 19.9 Å². The van der Waals surface area contributed by atoms with Crippen molar-refractivity contribution < 1.29 is 32.5 Å². The second-order valence-electron chi connectivity index (χ2n) is 5.04. The standard InChI is InChI=1S/C12H20F3NO4/c1-5-19-7-6-11(18,12(13,14)15)8-16-9(17)20-10(2,3)4/h6-7,18H,5,8H2,1-4H3,(H,16,17). The molecule has 118 valence electrons. The Labute approximate surface area is 115 Å². The van der Waals surface area contributed by atoms with Gasteiger partial charge in [-0.3, -0.25) is 0 Å². The summed E-state index contributed by atoms with van der Waals surface area (Å²) in [7, 11) is 0. The van der Waals surface area contributed by atoms with Crippen LogP contribution >= 0.6 is 0 Å². The number of aliphatic hydroxyl groups is 1. The summed E-state index contributed by atoms with van der Waals surface area (Å²) in [5, 5.41) is 11.4.